The Morgan fingerprint density at radius 3 is 2.81 bits per heavy atom. The lowest BCUT2D eigenvalue weighted by atomic mass is 9.98. The van der Waals surface area contributed by atoms with Crippen molar-refractivity contribution in [2.75, 3.05) is 0 Å². The molecule has 0 aliphatic carbocycles. The highest BCUT2D eigenvalue weighted by molar-refractivity contribution is 9.10. The fourth-order valence-electron chi connectivity index (χ4n) is 3.17. The van der Waals surface area contributed by atoms with Crippen LogP contribution in [0.25, 0.3) is 11.4 Å². The molecule has 0 aliphatic heterocycles. The van der Waals surface area contributed by atoms with Gasteiger partial charge in [-0.15, -0.1) is 0 Å². The van der Waals surface area contributed by atoms with Crippen molar-refractivity contribution in [1.82, 2.24) is 9.55 Å². The van der Waals surface area contributed by atoms with Crippen molar-refractivity contribution < 1.29 is 9.13 Å². The molecule has 0 bridgehead atoms. The lowest BCUT2D eigenvalue weighted by molar-refractivity contribution is 0.476. The van der Waals surface area contributed by atoms with Gasteiger partial charge in [0.05, 0.1) is 6.26 Å². The van der Waals surface area contributed by atoms with E-state index in [1.54, 1.807) is 12.3 Å². The molecule has 3 rings (SSSR count). The number of aryl methyl sites for hydroxylation is 1. The molecular formula is C22H22BrFN2O. The van der Waals surface area contributed by atoms with Gasteiger partial charge in [-0.3, -0.25) is 0 Å². The Hall–Kier alpha value is -2.40. The summed E-state index contributed by atoms with van der Waals surface area (Å²) in [6.45, 7) is 7.80. The summed E-state index contributed by atoms with van der Waals surface area (Å²) >= 11 is 3.49. The van der Waals surface area contributed by atoms with Crippen molar-refractivity contribution >= 4 is 15.9 Å². The monoisotopic (exact) mass is 428 g/mol. The van der Waals surface area contributed by atoms with Gasteiger partial charge in [0.1, 0.15) is 17.4 Å². The Morgan fingerprint density at radius 2 is 2.07 bits per heavy atom. The number of rotatable bonds is 7. The van der Waals surface area contributed by atoms with Crippen LogP contribution in [0.3, 0.4) is 0 Å². The highest BCUT2D eigenvalue weighted by Crippen LogP contribution is 2.30. The fraction of sp³-hybridized carbons (Fsp3) is 0.227. The van der Waals surface area contributed by atoms with E-state index in [0.717, 1.165) is 27.2 Å². The topological polar surface area (TPSA) is 27.1 Å². The van der Waals surface area contributed by atoms with Crippen LogP contribution in [0, 0.1) is 5.82 Å². The van der Waals surface area contributed by atoms with E-state index in [9.17, 15) is 4.39 Å². The molecule has 0 N–H and O–H groups in total. The number of aromatic nitrogens is 2. The highest BCUT2D eigenvalue weighted by Gasteiger charge is 2.16. The summed E-state index contributed by atoms with van der Waals surface area (Å²) in [5.74, 6) is 1.30. The Bertz CT molecular complexity index is 949. The van der Waals surface area contributed by atoms with E-state index in [1.807, 2.05) is 30.5 Å². The first-order chi connectivity index (χ1) is 13.0. The minimum Gasteiger partial charge on any atom is -0.465 e. The van der Waals surface area contributed by atoms with Gasteiger partial charge in [0.15, 0.2) is 0 Å². The predicted molar refractivity (Wildman–Crippen MR) is 110 cm³/mol. The first-order valence-corrected chi connectivity index (χ1v) is 9.67. The van der Waals surface area contributed by atoms with Crippen molar-refractivity contribution in [3.8, 4) is 17.1 Å². The first kappa shape index (κ1) is 19.4. The zero-order chi connectivity index (χ0) is 19.4. The van der Waals surface area contributed by atoms with E-state index in [2.05, 4.69) is 45.9 Å². The van der Waals surface area contributed by atoms with Crippen LogP contribution in [0.5, 0.6) is 5.75 Å². The molecule has 1 heterocycles. The van der Waals surface area contributed by atoms with Crippen molar-refractivity contribution in [3.05, 3.63) is 83.0 Å². The Labute approximate surface area is 167 Å². The molecule has 3 aromatic rings. The van der Waals surface area contributed by atoms with Crippen LogP contribution in [-0.2, 0) is 12.8 Å². The van der Waals surface area contributed by atoms with E-state index in [0.29, 0.717) is 18.4 Å². The van der Waals surface area contributed by atoms with Crippen LogP contribution in [0.4, 0.5) is 4.39 Å². The van der Waals surface area contributed by atoms with Gasteiger partial charge in [0.25, 0.3) is 0 Å². The summed E-state index contributed by atoms with van der Waals surface area (Å²) in [6, 6.07) is 11.2. The molecular weight excluding hydrogens is 407 g/mol. The van der Waals surface area contributed by atoms with Gasteiger partial charge in [0.2, 0.25) is 0 Å². The second-order valence-electron chi connectivity index (χ2n) is 6.55. The maximum atomic E-state index is 14.7. The molecule has 2 aromatic carbocycles. The number of hydrogen-bond donors (Lipinski definition) is 0. The minimum absolute atomic E-state index is 0.216. The van der Waals surface area contributed by atoms with Crippen LogP contribution < -0.4 is 4.74 Å². The van der Waals surface area contributed by atoms with Crippen LogP contribution in [0.1, 0.15) is 31.0 Å². The summed E-state index contributed by atoms with van der Waals surface area (Å²) in [4.78, 5) is 4.48. The molecule has 0 atom stereocenters. The largest absolute Gasteiger partial charge is 0.465 e. The third kappa shape index (κ3) is 4.30. The quantitative estimate of drug-likeness (QED) is 0.410. The average Bonchev–Trinajstić information content (AvgIpc) is 3.12. The van der Waals surface area contributed by atoms with Crippen molar-refractivity contribution in [1.29, 1.82) is 0 Å². The molecule has 3 nitrogen and oxygen atoms in total. The molecule has 0 amide bonds. The fourth-order valence-corrected chi connectivity index (χ4v) is 3.58. The SMILES string of the molecule is C=COc1ccc(Br)cc1CCc1c(F)cccc1-c1nccn1C(C)C. The van der Waals surface area contributed by atoms with E-state index in [-0.39, 0.29) is 11.9 Å². The van der Waals surface area contributed by atoms with Gasteiger partial charge in [-0.1, -0.05) is 34.6 Å². The van der Waals surface area contributed by atoms with Crippen LogP contribution in [0.2, 0.25) is 0 Å². The molecule has 0 fully saturated rings. The Balaban J connectivity index is 1.96. The Morgan fingerprint density at radius 1 is 1.26 bits per heavy atom. The normalized spacial score (nSPS) is 11.0. The number of benzene rings is 2. The third-order valence-corrected chi connectivity index (χ3v) is 4.96. The van der Waals surface area contributed by atoms with Gasteiger partial charge in [0, 0.05) is 28.5 Å². The number of halogens is 2. The standard InChI is InChI=1S/C22H22BrFN2O/c1-4-27-21-11-9-17(23)14-16(21)8-10-18-19(6-5-7-20(18)24)22-25-12-13-26(22)15(2)3/h4-7,9,11-15H,1,8,10H2,2-3H3. The lowest BCUT2D eigenvalue weighted by Gasteiger charge is -2.16. The van der Waals surface area contributed by atoms with Crippen molar-refractivity contribution in [2.24, 2.45) is 0 Å². The number of imidazole rings is 1. The van der Waals surface area contributed by atoms with Gasteiger partial charge in [-0.25, -0.2) is 9.37 Å². The van der Waals surface area contributed by atoms with Crippen LogP contribution in [0.15, 0.2) is 66.1 Å². The molecule has 0 aliphatic rings. The molecule has 0 saturated heterocycles. The summed E-state index contributed by atoms with van der Waals surface area (Å²) in [7, 11) is 0. The van der Waals surface area contributed by atoms with Crippen LogP contribution in [-0.4, -0.2) is 9.55 Å². The second-order valence-corrected chi connectivity index (χ2v) is 7.47. The van der Waals surface area contributed by atoms with Gasteiger partial charge in [-0.05, 0) is 62.1 Å². The third-order valence-electron chi connectivity index (χ3n) is 4.46. The molecule has 0 spiro atoms. The highest BCUT2D eigenvalue weighted by atomic mass is 79.9. The summed E-state index contributed by atoms with van der Waals surface area (Å²) in [6.07, 6.45) is 6.27. The van der Waals surface area contributed by atoms with E-state index in [4.69, 9.17) is 4.74 Å². The van der Waals surface area contributed by atoms with E-state index in [1.165, 1.54) is 12.3 Å². The summed E-state index contributed by atoms with van der Waals surface area (Å²) in [5, 5.41) is 0. The van der Waals surface area contributed by atoms with E-state index >= 15 is 0 Å². The Kier molecular flexibility index (Phi) is 6.11. The molecule has 0 unspecified atom stereocenters. The maximum Gasteiger partial charge on any atom is 0.140 e. The predicted octanol–water partition coefficient (Wildman–Crippen LogP) is 6.34. The first-order valence-electron chi connectivity index (χ1n) is 8.88. The van der Waals surface area contributed by atoms with Gasteiger partial charge in [-0.2, -0.15) is 0 Å². The molecule has 5 heteroatoms. The second kappa shape index (κ2) is 8.53. The average molecular weight is 429 g/mol. The lowest BCUT2D eigenvalue weighted by Crippen LogP contribution is -2.06. The van der Waals surface area contributed by atoms with Gasteiger partial charge >= 0.3 is 0 Å². The zero-order valence-corrected chi connectivity index (χ0v) is 17.0. The minimum atomic E-state index is -0.216. The van der Waals surface area contributed by atoms with E-state index < -0.39 is 0 Å². The van der Waals surface area contributed by atoms with Crippen molar-refractivity contribution in [3.63, 3.8) is 0 Å². The smallest absolute Gasteiger partial charge is 0.140 e. The molecule has 0 radical (unpaired) electrons. The zero-order valence-electron chi connectivity index (χ0n) is 15.5. The number of nitrogens with zero attached hydrogens (tertiary/aromatic N) is 2. The number of hydrogen-bond acceptors (Lipinski definition) is 2. The maximum absolute atomic E-state index is 14.7. The summed E-state index contributed by atoms with van der Waals surface area (Å²) < 4.78 is 23.2. The van der Waals surface area contributed by atoms with Crippen LogP contribution >= 0.6 is 15.9 Å². The van der Waals surface area contributed by atoms with Gasteiger partial charge < -0.3 is 9.30 Å². The molecule has 27 heavy (non-hydrogen) atoms. The van der Waals surface area contributed by atoms with Crippen molar-refractivity contribution in [2.45, 2.75) is 32.7 Å². The molecule has 140 valence electrons. The summed E-state index contributed by atoms with van der Waals surface area (Å²) in [5.41, 5.74) is 2.48. The molecule has 1 aromatic heterocycles. The molecule has 0 saturated carbocycles. The number of ether oxygens (including phenoxy) is 1.